The van der Waals surface area contributed by atoms with Crippen LogP contribution in [0.15, 0.2) is 0 Å². The van der Waals surface area contributed by atoms with Crippen LogP contribution in [0, 0.1) is 17.2 Å². The number of aliphatic hydroxyl groups is 1. The third-order valence-corrected chi connectivity index (χ3v) is 1.61. The maximum absolute atomic E-state index is 8.48. The predicted octanol–water partition coefficient (Wildman–Crippen LogP) is 1.53. The Morgan fingerprint density at radius 1 is 1.50 bits per heavy atom. The van der Waals surface area contributed by atoms with Gasteiger partial charge in [-0.3, -0.25) is 0 Å². The van der Waals surface area contributed by atoms with Gasteiger partial charge in [-0.1, -0.05) is 0 Å². The molecule has 0 spiro atoms. The minimum Gasteiger partial charge on any atom is -0.396 e. The van der Waals surface area contributed by atoms with Crippen LogP contribution in [0.1, 0.15) is 19.3 Å². The molecule has 0 heterocycles. The molecule has 0 aromatic rings. The Hall–Kier alpha value is -0.260. The molecule has 0 radical (unpaired) electrons. The Morgan fingerprint density at radius 3 is 2.60 bits per heavy atom. The predicted molar refractivity (Wildman–Crippen MR) is 40.8 cm³/mol. The normalized spacial score (nSPS) is 12.5. The molecule has 0 bridgehead atoms. The zero-order valence-corrected chi connectivity index (χ0v) is 6.64. The topological polar surface area (TPSA) is 44.0 Å². The summed E-state index contributed by atoms with van der Waals surface area (Å²) in [4.78, 5) is 0. The van der Waals surface area contributed by atoms with Gasteiger partial charge in [-0.15, -0.1) is 11.6 Å². The largest absolute Gasteiger partial charge is 0.396 e. The monoisotopic (exact) mass is 161 g/mol. The number of halogens is 1. The summed E-state index contributed by atoms with van der Waals surface area (Å²) in [7, 11) is 0. The molecule has 0 aliphatic carbocycles. The first-order chi connectivity index (χ1) is 4.85. The van der Waals surface area contributed by atoms with Crippen molar-refractivity contribution in [2.24, 2.45) is 5.92 Å². The van der Waals surface area contributed by atoms with Gasteiger partial charge in [-0.25, -0.2) is 0 Å². The van der Waals surface area contributed by atoms with Crippen molar-refractivity contribution in [2.45, 2.75) is 19.3 Å². The summed E-state index contributed by atoms with van der Waals surface area (Å²) in [5, 5.41) is 17.0. The van der Waals surface area contributed by atoms with Gasteiger partial charge in [0.25, 0.3) is 0 Å². The highest BCUT2D eigenvalue weighted by molar-refractivity contribution is 6.17. The molecule has 1 unspecified atom stereocenters. The van der Waals surface area contributed by atoms with Gasteiger partial charge in [0.2, 0.25) is 0 Å². The highest BCUT2D eigenvalue weighted by Crippen LogP contribution is 2.09. The number of nitrogens with zero attached hydrogens (tertiary/aromatic N) is 1. The standard InChI is InChI=1S/C7H12ClNO/c8-4-1-2-7(6-9)3-5-10/h7,10H,1-5H2. The Kier molecular flexibility index (Phi) is 6.68. The number of alkyl halides is 1. The first-order valence-electron chi connectivity index (χ1n) is 3.41. The van der Waals surface area contributed by atoms with Crippen molar-refractivity contribution in [3.63, 3.8) is 0 Å². The van der Waals surface area contributed by atoms with Crippen molar-refractivity contribution in [3.8, 4) is 6.07 Å². The van der Waals surface area contributed by atoms with Crippen LogP contribution in [-0.2, 0) is 0 Å². The Balaban J connectivity index is 3.33. The van der Waals surface area contributed by atoms with Crippen molar-refractivity contribution in [3.05, 3.63) is 0 Å². The molecule has 0 aromatic heterocycles. The van der Waals surface area contributed by atoms with E-state index in [1.807, 2.05) is 0 Å². The third-order valence-electron chi connectivity index (χ3n) is 1.35. The maximum Gasteiger partial charge on any atom is 0.0656 e. The van der Waals surface area contributed by atoms with E-state index in [0.29, 0.717) is 12.3 Å². The van der Waals surface area contributed by atoms with Gasteiger partial charge < -0.3 is 5.11 Å². The number of aliphatic hydroxyl groups excluding tert-OH is 1. The Bertz CT molecular complexity index is 111. The summed E-state index contributed by atoms with van der Waals surface area (Å²) in [5.74, 6) is 0.590. The van der Waals surface area contributed by atoms with Gasteiger partial charge in [0.05, 0.1) is 6.07 Å². The highest BCUT2D eigenvalue weighted by atomic mass is 35.5. The van der Waals surface area contributed by atoms with Crippen LogP contribution < -0.4 is 0 Å². The molecule has 58 valence electrons. The minimum atomic E-state index is -0.0104. The van der Waals surface area contributed by atoms with E-state index in [0.717, 1.165) is 12.8 Å². The first kappa shape index (κ1) is 9.74. The van der Waals surface area contributed by atoms with Gasteiger partial charge in [0, 0.05) is 18.4 Å². The van der Waals surface area contributed by atoms with Crippen molar-refractivity contribution in [2.75, 3.05) is 12.5 Å². The highest BCUT2D eigenvalue weighted by Gasteiger charge is 2.04. The fourth-order valence-corrected chi connectivity index (χ4v) is 0.907. The van der Waals surface area contributed by atoms with E-state index in [2.05, 4.69) is 6.07 Å². The second-order valence-electron chi connectivity index (χ2n) is 2.17. The van der Waals surface area contributed by atoms with Crippen molar-refractivity contribution >= 4 is 11.6 Å². The molecule has 0 amide bonds. The van der Waals surface area contributed by atoms with Gasteiger partial charge in [0.1, 0.15) is 0 Å². The second kappa shape index (κ2) is 6.85. The van der Waals surface area contributed by atoms with Crippen LogP contribution in [0.5, 0.6) is 0 Å². The van der Waals surface area contributed by atoms with E-state index < -0.39 is 0 Å². The zero-order valence-electron chi connectivity index (χ0n) is 5.89. The second-order valence-corrected chi connectivity index (χ2v) is 2.55. The number of hydrogen-bond donors (Lipinski definition) is 1. The van der Waals surface area contributed by atoms with Gasteiger partial charge in [-0.2, -0.15) is 5.26 Å². The molecule has 1 N–H and O–H groups in total. The Morgan fingerprint density at radius 2 is 2.20 bits per heavy atom. The molecular formula is C7H12ClNO. The molecule has 10 heavy (non-hydrogen) atoms. The average Bonchev–Trinajstić information content (AvgIpc) is 1.98. The average molecular weight is 162 g/mol. The lowest BCUT2D eigenvalue weighted by Crippen LogP contribution is -2.00. The van der Waals surface area contributed by atoms with Crippen LogP contribution in [0.4, 0.5) is 0 Å². The molecule has 0 saturated carbocycles. The lowest BCUT2D eigenvalue weighted by atomic mass is 10.0. The smallest absolute Gasteiger partial charge is 0.0656 e. The van der Waals surface area contributed by atoms with E-state index in [-0.39, 0.29) is 12.5 Å². The molecular weight excluding hydrogens is 150 g/mol. The van der Waals surface area contributed by atoms with Crippen molar-refractivity contribution in [1.82, 2.24) is 0 Å². The fraction of sp³-hybridized carbons (Fsp3) is 0.857. The molecule has 3 heteroatoms. The molecule has 0 rings (SSSR count). The lowest BCUT2D eigenvalue weighted by molar-refractivity contribution is 0.268. The summed E-state index contributed by atoms with van der Waals surface area (Å²) >= 11 is 5.43. The first-order valence-corrected chi connectivity index (χ1v) is 3.95. The van der Waals surface area contributed by atoms with E-state index >= 15 is 0 Å². The molecule has 0 saturated heterocycles. The summed E-state index contributed by atoms with van der Waals surface area (Å²) < 4.78 is 0. The van der Waals surface area contributed by atoms with Gasteiger partial charge >= 0.3 is 0 Å². The fourth-order valence-electron chi connectivity index (χ4n) is 0.753. The summed E-state index contributed by atoms with van der Waals surface area (Å²) in [5.41, 5.74) is 0. The van der Waals surface area contributed by atoms with E-state index in [9.17, 15) is 0 Å². The summed E-state index contributed by atoms with van der Waals surface area (Å²) in [6.45, 7) is 0.0977. The minimum absolute atomic E-state index is 0.0104. The van der Waals surface area contributed by atoms with Gasteiger partial charge in [-0.05, 0) is 19.3 Å². The van der Waals surface area contributed by atoms with Crippen LogP contribution in [0.3, 0.4) is 0 Å². The number of nitriles is 1. The van der Waals surface area contributed by atoms with Crippen LogP contribution in [0.2, 0.25) is 0 Å². The van der Waals surface area contributed by atoms with E-state index in [1.165, 1.54) is 0 Å². The SMILES string of the molecule is N#CC(CCO)CCCCl. The number of rotatable bonds is 5. The number of hydrogen-bond acceptors (Lipinski definition) is 2. The van der Waals surface area contributed by atoms with Crippen molar-refractivity contribution in [1.29, 1.82) is 5.26 Å². The van der Waals surface area contributed by atoms with E-state index in [1.54, 1.807) is 0 Å². The molecule has 2 nitrogen and oxygen atoms in total. The molecule has 0 aliphatic heterocycles. The lowest BCUT2D eigenvalue weighted by Gasteiger charge is -2.03. The quantitative estimate of drug-likeness (QED) is 0.622. The van der Waals surface area contributed by atoms with Crippen LogP contribution in [0.25, 0.3) is 0 Å². The van der Waals surface area contributed by atoms with Gasteiger partial charge in [0.15, 0.2) is 0 Å². The third kappa shape index (κ3) is 4.60. The van der Waals surface area contributed by atoms with E-state index in [4.69, 9.17) is 22.0 Å². The zero-order chi connectivity index (χ0) is 7.82. The van der Waals surface area contributed by atoms with Crippen molar-refractivity contribution < 1.29 is 5.11 Å². The maximum atomic E-state index is 8.48. The molecule has 0 fully saturated rings. The molecule has 1 atom stereocenters. The molecule has 0 aliphatic rings. The molecule has 0 aromatic carbocycles. The summed E-state index contributed by atoms with van der Waals surface area (Å²) in [6.07, 6.45) is 2.24. The van der Waals surface area contributed by atoms with Crippen LogP contribution >= 0.6 is 11.6 Å². The van der Waals surface area contributed by atoms with Crippen LogP contribution in [-0.4, -0.2) is 17.6 Å². The Labute approximate surface area is 66.4 Å². The summed E-state index contributed by atoms with van der Waals surface area (Å²) in [6, 6.07) is 2.12.